The predicted molar refractivity (Wildman–Crippen MR) is 143 cm³/mol. The average Bonchev–Trinajstić information content (AvgIpc) is 3.16. The van der Waals surface area contributed by atoms with Gasteiger partial charge in [-0.3, -0.25) is 9.59 Å². The number of methoxy groups -OCH3 is 1. The molecule has 3 rings (SSSR count). The zero-order valence-electron chi connectivity index (χ0n) is 22.2. The van der Waals surface area contributed by atoms with Crippen LogP contribution >= 0.6 is 0 Å². The fourth-order valence-corrected chi connectivity index (χ4v) is 4.55. The molecular formula is C29H38N2O6. The summed E-state index contributed by atoms with van der Waals surface area (Å²) in [4.78, 5) is 30.3. The molecule has 2 aromatic carbocycles. The Labute approximate surface area is 219 Å². The van der Waals surface area contributed by atoms with Crippen molar-refractivity contribution in [1.82, 2.24) is 9.80 Å². The van der Waals surface area contributed by atoms with Crippen LogP contribution in [0.3, 0.4) is 0 Å². The summed E-state index contributed by atoms with van der Waals surface area (Å²) in [6, 6.07) is 10.8. The molecule has 1 aliphatic rings. The Morgan fingerprint density at radius 2 is 1.81 bits per heavy atom. The molecule has 2 N–H and O–H groups in total. The summed E-state index contributed by atoms with van der Waals surface area (Å²) in [5, 5.41) is 21.5. The number of carbonyl (C=O) groups excluding carboxylic acids is 2. The number of hydrogen-bond acceptors (Lipinski definition) is 7. The van der Waals surface area contributed by atoms with Gasteiger partial charge in [0.15, 0.2) is 11.5 Å². The number of unbranched alkanes of at least 4 members (excludes halogenated alkanes) is 1. The van der Waals surface area contributed by atoms with Crippen LogP contribution < -0.4 is 9.47 Å². The Balaban J connectivity index is 2.04. The minimum Gasteiger partial charge on any atom is -0.507 e. The topological polar surface area (TPSA) is 99.5 Å². The van der Waals surface area contributed by atoms with Crippen molar-refractivity contribution in [2.45, 2.75) is 46.1 Å². The van der Waals surface area contributed by atoms with E-state index in [9.17, 15) is 19.8 Å². The minimum absolute atomic E-state index is 0.00582. The first-order valence-corrected chi connectivity index (χ1v) is 13.0. The molecule has 0 saturated carbocycles. The van der Waals surface area contributed by atoms with E-state index >= 15 is 0 Å². The molecule has 1 saturated heterocycles. The van der Waals surface area contributed by atoms with E-state index in [0.717, 1.165) is 32.5 Å². The van der Waals surface area contributed by atoms with Gasteiger partial charge < -0.3 is 29.5 Å². The van der Waals surface area contributed by atoms with Crippen LogP contribution in [0.15, 0.2) is 48.0 Å². The number of ether oxygens (including phenoxy) is 2. The number of nitrogens with zero attached hydrogens (tertiary/aromatic N) is 2. The molecule has 1 amide bonds. The molecule has 0 bridgehead atoms. The van der Waals surface area contributed by atoms with E-state index in [1.54, 1.807) is 36.4 Å². The Hall–Kier alpha value is -3.52. The molecule has 1 unspecified atom stereocenters. The number of phenols is 1. The van der Waals surface area contributed by atoms with Crippen molar-refractivity contribution in [3.8, 4) is 17.2 Å². The van der Waals surface area contributed by atoms with Gasteiger partial charge in [0, 0.05) is 12.1 Å². The predicted octanol–water partition coefficient (Wildman–Crippen LogP) is 4.73. The second kappa shape index (κ2) is 13.1. The van der Waals surface area contributed by atoms with Crippen molar-refractivity contribution in [1.29, 1.82) is 0 Å². The van der Waals surface area contributed by atoms with Crippen molar-refractivity contribution in [2.24, 2.45) is 0 Å². The van der Waals surface area contributed by atoms with Crippen LogP contribution in [0.4, 0.5) is 0 Å². The van der Waals surface area contributed by atoms with Crippen molar-refractivity contribution in [2.75, 3.05) is 39.9 Å². The first kappa shape index (κ1) is 28.1. The highest BCUT2D eigenvalue weighted by Gasteiger charge is 2.46. The Kier molecular flexibility index (Phi) is 9.97. The quantitative estimate of drug-likeness (QED) is 0.174. The number of aliphatic hydroxyl groups excluding tert-OH is 1. The fraction of sp³-hybridized carbons (Fsp3) is 0.448. The maximum absolute atomic E-state index is 13.3. The molecule has 1 atom stereocenters. The van der Waals surface area contributed by atoms with Gasteiger partial charge in [0.2, 0.25) is 0 Å². The van der Waals surface area contributed by atoms with Gasteiger partial charge in [-0.1, -0.05) is 45.4 Å². The summed E-state index contributed by atoms with van der Waals surface area (Å²) in [5.41, 5.74) is 0.964. The van der Waals surface area contributed by atoms with Crippen LogP contribution in [-0.4, -0.2) is 71.6 Å². The molecule has 8 heteroatoms. The summed E-state index contributed by atoms with van der Waals surface area (Å²) in [6.45, 7) is 9.69. The lowest BCUT2D eigenvalue weighted by Gasteiger charge is -2.27. The second-order valence-electron chi connectivity index (χ2n) is 9.03. The highest BCUT2D eigenvalue weighted by Crippen LogP contribution is 2.42. The van der Waals surface area contributed by atoms with Crippen molar-refractivity contribution >= 4 is 17.4 Å². The lowest BCUT2D eigenvalue weighted by Crippen LogP contribution is -2.33. The summed E-state index contributed by atoms with van der Waals surface area (Å²) in [7, 11) is 1.43. The van der Waals surface area contributed by atoms with E-state index in [0.29, 0.717) is 36.4 Å². The third-order valence-corrected chi connectivity index (χ3v) is 6.70. The summed E-state index contributed by atoms with van der Waals surface area (Å²) >= 11 is 0. The van der Waals surface area contributed by atoms with E-state index in [4.69, 9.17) is 9.47 Å². The van der Waals surface area contributed by atoms with E-state index in [2.05, 4.69) is 25.7 Å². The number of ketones is 1. The van der Waals surface area contributed by atoms with Gasteiger partial charge in [-0.05, 0) is 62.3 Å². The number of Topliss-reactive ketones (excluding diaryl/α,β-unsaturated/α-hetero) is 1. The zero-order valence-corrected chi connectivity index (χ0v) is 22.2. The van der Waals surface area contributed by atoms with E-state index in [1.807, 2.05) is 0 Å². The molecule has 0 spiro atoms. The fourth-order valence-electron chi connectivity index (χ4n) is 4.55. The smallest absolute Gasteiger partial charge is 0.295 e. The summed E-state index contributed by atoms with van der Waals surface area (Å²) in [6.07, 6.45) is 2.56. The number of amides is 1. The number of likely N-dealkylation sites (tertiary alicyclic amines) is 1. The summed E-state index contributed by atoms with van der Waals surface area (Å²) < 4.78 is 11.1. The van der Waals surface area contributed by atoms with Gasteiger partial charge in [0.1, 0.15) is 11.5 Å². The van der Waals surface area contributed by atoms with Crippen LogP contribution in [0.2, 0.25) is 0 Å². The first-order valence-electron chi connectivity index (χ1n) is 13.0. The van der Waals surface area contributed by atoms with Gasteiger partial charge in [0.25, 0.3) is 11.7 Å². The molecular weight excluding hydrogens is 472 g/mol. The van der Waals surface area contributed by atoms with Crippen molar-refractivity contribution in [3.05, 3.63) is 59.2 Å². The summed E-state index contributed by atoms with van der Waals surface area (Å²) in [5.74, 6) is -0.918. The minimum atomic E-state index is -0.823. The number of aliphatic hydroxyl groups is 1. The third kappa shape index (κ3) is 6.43. The van der Waals surface area contributed by atoms with Crippen molar-refractivity contribution < 1.29 is 29.3 Å². The molecule has 2 aromatic rings. The SMILES string of the molecule is CCCCOc1cccc(/C(O)=C2\C(=O)C(=O)N(CCCN(CC)CC)C2c2ccc(O)c(OC)c2)c1. The normalized spacial score (nSPS) is 17.0. The number of rotatable bonds is 13. The maximum Gasteiger partial charge on any atom is 0.295 e. The number of benzene rings is 2. The molecule has 1 fully saturated rings. The van der Waals surface area contributed by atoms with Gasteiger partial charge >= 0.3 is 0 Å². The van der Waals surface area contributed by atoms with E-state index in [-0.39, 0.29) is 22.8 Å². The van der Waals surface area contributed by atoms with Crippen LogP contribution in [0.5, 0.6) is 17.2 Å². The molecule has 0 aliphatic carbocycles. The maximum atomic E-state index is 13.3. The number of phenolic OH excluding ortho intramolecular Hbond substituents is 1. The van der Waals surface area contributed by atoms with Crippen molar-refractivity contribution in [3.63, 3.8) is 0 Å². The average molecular weight is 511 g/mol. The standard InChI is InChI=1S/C29H38N2O6/c1-5-8-17-37-22-12-9-11-21(18-22)27(33)25-26(20-13-14-23(32)24(19-20)36-4)31(29(35)28(25)34)16-10-15-30(6-2)7-3/h9,11-14,18-19,26,32-33H,5-8,10,15-17H2,1-4H3/b27-25+. The van der Waals surface area contributed by atoms with Crippen LogP contribution in [0, 0.1) is 0 Å². The number of carbonyl (C=O) groups is 2. The van der Waals surface area contributed by atoms with Crippen LogP contribution in [-0.2, 0) is 9.59 Å². The molecule has 8 nitrogen and oxygen atoms in total. The molecule has 1 heterocycles. The van der Waals surface area contributed by atoms with Crippen LogP contribution in [0.25, 0.3) is 5.76 Å². The first-order chi connectivity index (χ1) is 17.9. The van der Waals surface area contributed by atoms with Gasteiger partial charge in [-0.2, -0.15) is 0 Å². The van der Waals surface area contributed by atoms with Gasteiger partial charge in [0.05, 0.1) is 25.3 Å². The number of aromatic hydroxyl groups is 1. The number of hydrogen-bond donors (Lipinski definition) is 2. The molecule has 1 aliphatic heterocycles. The third-order valence-electron chi connectivity index (χ3n) is 6.70. The zero-order chi connectivity index (χ0) is 26.9. The van der Waals surface area contributed by atoms with E-state index < -0.39 is 17.7 Å². The van der Waals surface area contributed by atoms with Crippen LogP contribution in [0.1, 0.15) is 57.2 Å². The van der Waals surface area contributed by atoms with Gasteiger partial charge in [-0.15, -0.1) is 0 Å². The Bertz CT molecular complexity index is 1130. The highest BCUT2D eigenvalue weighted by molar-refractivity contribution is 6.46. The monoisotopic (exact) mass is 510 g/mol. The Morgan fingerprint density at radius 1 is 1.05 bits per heavy atom. The lowest BCUT2D eigenvalue weighted by molar-refractivity contribution is -0.140. The van der Waals surface area contributed by atoms with E-state index in [1.165, 1.54) is 18.1 Å². The molecule has 200 valence electrons. The largest absolute Gasteiger partial charge is 0.507 e. The Morgan fingerprint density at radius 3 is 2.49 bits per heavy atom. The molecule has 0 aromatic heterocycles. The van der Waals surface area contributed by atoms with Gasteiger partial charge in [-0.25, -0.2) is 0 Å². The second-order valence-corrected chi connectivity index (χ2v) is 9.03. The highest BCUT2D eigenvalue weighted by atomic mass is 16.5. The molecule has 0 radical (unpaired) electrons. The lowest BCUT2D eigenvalue weighted by atomic mass is 9.95. The molecule has 37 heavy (non-hydrogen) atoms.